The third-order valence-electron chi connectivity index (χ3n) is 2.31. The fourth-order valence-electron chi connectivity index (χ4n) is 1.66. The molecule has 1 atom stereocenters. The summed E-state index contributed by atoms with van der Waals surface area (Å²) >= 11 is 0. The van der Waals surface area contributed by atoms with Crippen molar-refractivity contribution in [2.24, 2.45) is 0 Å². The minimum Gasteiger partial charge on any atom is -0.424 e. The molecular formula is C13H22O6P2. The highest BCUT2D eigenvalue weighted by Crippen LogP contribution is 2.63. The largest absolute Gasteiger partial charge is 0.424 e. The second-order valence-electron chi connectivity index (χ2n) is 4.02. The van der Waals surface area contributed by atoms with Crippen molar-refractivity contribution in [2.45, 2.75) is 20.8 Å². The van der Waals surface area contributed by atoms with Crippen molar-refractivity contribution in [3.8, 4) is 5.75 Å². The molecule has 0 fully saturated rings. The van der Waals surface area contributed by atoms with Crippen LogP contribution in [0.3, 0.4) is 0 Å². The Hall–Kier alpha value is -0.640. The van der Waals surface area contributed by atoms with Crippen LogP contribution in [0.25, 0.3) is 0 Å². The molecule has 120 valence electrons. The minimum atomic E-state index is -3.64. The van der Waals surface area contributed by atoms with Crippen LogP contribution in [0.2, 0.25) is 0 Å². The van der Waals surface area contributed by atoms with Crippen molar-refractivity contribution in [3.63, 3.8) is 0 Å². The molecule has 1 aromatic rings. The molecule has 0 aliphatic heterocycles. The summed E-state index contributed by atoms with van der Waals surface area (Å²) in [5, 5.41) is 0. The SMILES string of the molecule is CCOP(=O)(CP(=O)(OCC)Oc1ccccc1)OCC. The van der Waals surface area contributed by atoms with E-state index in [-0.39, 0.29) is 19.8 Å². The number of benzene rings is 1. The zero-order chi connectivity index (χ0) is 15.8. The molecule has 0 spiro atoms. The molecule has 0 N–H and O–H groups in total. The van der Waals surface area contributed by atoms with E-state index < -0.39 is 21.1 Å². The second kappa shape index (κ2) is 8.72. The molecule has 0 heterocycles. The molecule has 6 nitrogen and oxygen atoms in total. The molecule has 0 amide bonds. The zero-order valence-electron chi connectivity index (χ0n) is 12.6. The van der Waals surface area contributed by atoms with Crippen molar-refractivity contribution < 1.29 is 27.2 Å². The van der Waals surface area contributed by atoms with E-state index in [1.54, 1.807) is 45.0 Å². The summed E-state index contributed by atoms with van der Waals surface area (Å²) in [6.45, 7) is 5.61. The molecule has 0 aliphatic rings. The summed E-state index contributed by atoms with van der Waals surface area (Å²) < 4.78 is 46.2. The van der Waals surface area contributed by atoms with E-state index in [0.29, 0.717) is 5.75 Å². The maximum absolute atomic E-state index is 12.8. The van der Waals surface area contributed by atoms with Crippen LogP contribution in [0.15, 0.2) is 30.3 Å². The van der Waals surface area contributed by atoms with Gasteiger partial charge in [0.15, 0.2) is 5.90 Å². The average molecular weight is 336 g/mol. The lowest BCUT2D eigenvalue weighted by molar-refractivity contribution is 0.219. The van der Waals surface area contributed by atoms with Crippen molar-refractivity contribution in [1.29, 1.82) is 0 Å². The van der Waals surface area contributed by atoms with Gasteiger partial charge in [0.05, 0.1) is 19.8 Å². The van der Waals surface area contributed by atoms with Gasteiger partial charge in [0.2, 0.25) is 0 Å². The molecule has 1 aromatic carbocycles. The topological polar surface area (TPSA) is 71.1 Å². The van der Waals surface area contributed by atoms with E-state index in [1.165, 1.54) is 0 Å². The Bertz CT molecular complexity index is 495. The fourth-order valence-corrected chi connectivity index (χ4v) is 6.32. The first-order valence-corrected chi connectivity index (χ1v) is 10.3. The predicted octanol–water partition coefficient (Wildman–Crippen LogP) is 4.52. The highest BCUT2D eigenvalue weighted by molar-refractivity contribution is 7.71. The van der Waals surface area contributed by atoms with Gasteiger partial charge in [0.1, 0.15) is 5.75 Å². The van der Waals surface area contributed by atoms with E-state index >= 15 is 0 Å². The standard InChI is InChI=1S/C13H22O6P2/c1-4-16-20(14,17-5-2)12-21(15,18-6-3)19-13-10-8-7-9-11-13/h7-11H,4-6,12H2,1-3H3. The molecule has 0 aromatic heterocycles. The van der Waals surface area contributed by atoms with Crippen LogP contribution in [-0.4, -0.2) is 25.7 Å². The number of hydrogen-bond acceptors (Lipinski definition) is 6. The van der Waals surface area contributed by atoms with Crippen molar-refractivity contribution >= 4 is 15.2 Å². The minimum absolute atomic E-state index is 0.169. The third-order valence-corrected chi connectivity index (χ3v) is 7.53. The lowest BCUT2D eigenvalue weighted by Gasteiger charge is -2.23. The highest BCUT2D eigenvalue weighted by atomic mass is 31.2. The van der Waals surface area contributed by atoms with Crippen molar-refractivity contribution in [3.05, 3.63) is 30.3 Å². The first-order valence-electron chi connectivity index (χ1n) is 6.83. The molecule has 0 saturated heterocycles. The van der Waals surface area contributed by atoms with E-state index in [2.05, 4.69) is 0 Å². The molecule has 1 rings (SSSR count). The zero-order valence-corrected chi connectivity index (χ0v) is 14.3. The van der Waals surface area contributed by atoms with Gasteiger partial charge < -0.3 is 13.6 Å². The maximum atomic E-state index is 12.8. The van der Waals surface area contributed by atoms with Gasteiger partial charge >= 0.3 is 15.2 Å². The average Bonchev–Trinajstić information content (AvgIpc) is 2.39. The Morgan fingerprint density at radius 2 is 1.29 bits per heavy atom. The van der Waals surface area contributed by atoms with Crippen molar-refractivity contribution in [2.75, 3.05) is 25.7 Å². The van der Waals surface area contributed by atoms with Crippen LogP contribution in [0.4, 0.5) is 0 Å². The maximum Gasteiger partial charge on any atom is 0.391 e. The third kappa shape index (κ3) is 6.33. The Morgan fingerprint density at radius 3 is 1.76 bits per heavy atom. The molecule has 8 heteroatoms. The Kier molecular flexibility index (Phi) is 7.64. The normalized spacial score (nSPS) is 14.6. The predicted molar refractivity (Wildman–Crippen MR) is 82.0 cm³/mol. The monoisotopic (exact) mass is 336 g/mol. The number of para-hydroxylation sites is 1. The lowest BCUT2D eigenvalue weighted by atomic mass is 10.3. The van der Waals surface area contributed by atoms with Gasteiger partial charge in [0, 0.05) is 0 Å². The van der Waals surface area contributed by atoms with E-state index in [0.717, 1.165) is 0 Å². The Balaban J connectivity index is 2.93. The summed E-state index contributed by atoms with van der Waals surface area (Å²) in [7, 11) is -7.16. The summed E-state index contributed by atoms with van der Waals surface area (Å²) in [4.78, 5) is 0. The van der Waals surface area contributed by atoms with Crippen molar-refractivity contribution in [1.82, 2.24) is 0 Å². The molecule has 0 aliphatic carbocycles. The Labute approximate surface area is 125 Å². The van der Waals surface area contributed by atoms with E-state index in [1.807, 2.05) is 6.07 Å². The van der Waals surface area contributed by atoms with Gasteiger partial charge in [-0.3, -0.25) is 9.09 Å². The number of hydrogen-bond donors (Lipinski definition) is 0. The molecule has 0 saturated carbocycles. The quantitative estimate of drug-likeness (QED) is 0.585. The Morgan fingerprint density at radius 1 is 0.810 bits per heavy atom. The van der Waals surface area contributed by atoms with Gasteiger partial charge in [-0.1, -0.05) is 18.2 Å². The summed E-state index contributed by atoms with van der Waals surface area (Å²) in [6.07, 6.45) is 0. The van der Waals surface area contributed by atoms with Crippen LogP contribution in [0.1, 0.15) is 20.8 Å². The smallest absolute Gasteiger partial charge is 0.391 e. The summed E-state index contributed by atoms with van der Waals surface area (Å²) in [5.41, 5.74) is 0. The van der Waals surface area contributed by atoms with E-state index in [9.17, 15) is 9.13 Å². The molecule has 0 bridgehead atoms. The molecule has 1 unspecified atom stereocenters. The van der Waals surface area contributed by atoms with Gasteiger partial charge in [-0.2, -0.15) is 0 Å². The summed E-state index contributed by atoms with van der Waals surface area (Å²) in [5.74, 6) is -0.0291. The molecule has 21 heavy (non-hydrogen) atoms. The summed E-state index contributed by atoms with van der Waals surface area (Å²) in [6, 6.07) is 8.60. The molecular weight excluding hydrogens is 314 g/mol. The van der Waals surface area contributed by atoms with Gasteiger partial charge in [-0.25, -0.2) is 4.57 Å². The van der Waals surface area contributed by atoms with Gasteiger partial charge in [0.25, 0.3) is 0 Å². The van der Waals surface area contributed by atoms with Crippen LogP contribution in [-0.2, 0) is 22.7 Å². The lowest BCUT2D eigenvalue weighted by Crippen LogP contribution is -2.07. The van der Waals surface area contributed by atoms with Crippen LogP contribution in [0, 0.1) is 0 Å². The number of rotatable bonds is 10. The molecule has 0 radical (unpaired) electrons. The second-order valence-corrected chi connectivity index (χ2v) is 8.55. The van der Waals surface area contributed by atoms with Gasteiger partial charge in [-0.15, -0.1) is 0 Å². The van der Waals surface area contributed by atoms with Crippen LogP contribution in [0.5, 0.6) is 5.75 Å². The van der Waals surface area contributed by atoms with Gasteiger partial charge in [-0.05, 0) is 32.9 Å². The highest BCUT2D eigenvalue weighted by Gasteiger charge is 2.39. The first-order chi connectivity index (χ1) is 9.97. The fraction of sp³-hybridized carbons (Fsp3) is 0.538. The first kappa shape index (κ1) is 18.4. The van der Waals surface area contributed by atoms with Crippen LogP contribution >= 0.6 is 15.2 Å². The van der Waals surface area contributed by atoms with E-state index in [4.69, 9.17) is 18.1 Å². The van der Waals surface area contributed by atoms with Crippen LogP contribution < -0.4 is 4.52 Å².